The number of β-amino-alcohol motifs (C(OH)–C–C–N with tert-alkyl or cyclic N) is 1. The van der Waals surface area contributed by atoms with Gasteiger partial charge in [-0.15, -0.1) is 0 Å². The molecule has 3 nitrogen and oxygen atoms in total. The molecular weight excluding hydrogens is 250 g/mol. The normalized spacial score (nSPS) is 19.2. The van der Waals surface area contributed by atoms with Gasteiger partial charge in [-0.3, -0.25) is 0 Å². The molecule has 0 amide bonds. The quantitative estimate of drug-likeness (QED) is 0.897. The number of hydrogen-bond acceptors (Lipinski definition) is 3. The SMILES string of the molecule is CC1CCN(CC(O)c2ccc(OC(C)C)cc2)CC1. The van der Waals surface area contributed by atoms with E-state index in [1.807, 2.05) is 38.1 Å². The maximum Gasteiger partial charge on any atom is 0.119 e. The molecule has 1 aromatic rings. The zero-order valence-electron chi connectivity index (χ0n) is 12.9. The molecule has 0 saturated carbocycles. The second kappa shape index (κ2) is 7.09. The van der Waals surface area contributed by atoms with E-state index in [1.54, 1.807) is 0 Å². The van der Waals surface area contributed by atoms with Crippen LogP contribution in [0.3, 0.4) is 0 Å². The van der Waals surface area contributed by atoms with Crippen molar-refractivity contribution in [1.82, 2.24) is 4.90 Å². The highest BCUT2D eigenvalue weighted by Crippen LogP contribution is 2.22. The first-order valence-corrected chi connectivity index (χ1v) is 7.71. The Morgan fingerprint density at radius 1 is 1.20 bits per heavy atom. The van der Waals surface area contributed by atoms with Gasteiger partial charge in [0.15, 0.2) is 0 Å². The van der Waals surface area contributed by atoms with Gasteiger partial charge < -0.3 is 14.7 Å². The van der Waals surface area contributed by atoms with E-state index in [-0.39, 0.29) is 6.10 Å². The third-order valence-electron chi connectivity index (χ3n) is 3.94. The summed E-state index contributed by atoms with van der Waals surface area (Å²) in [5.74, 6) is 1.69. The van der Waals surface area contributed by atoms with Gasteiger partial charge in [0, 0.05) is 6.54 Å². The van der Waals surface area contributed by atoms with E-state index in [2.05, 4.69) is 11.8 Å². The van der Waals surface area contributed by atoms with Crippen molar-refractivity contribution < 1.29 is 9.84 Å². The van der Waals surface area contributed by atoms with Crippen molar-refractivity contribution in [2.24, 2.45) is 5.92 Å². The number of rotatable bonds is 5. The summed E-state index contributed by atoms with van der Waals surface area (Å²) < 4.78 is 5.62. The minimum atomic E-state index is -0.406. The molecule has 1 heterocycles. The van der Waals surface area contributed by atoms with Crippen LogP contribution in [0.4, 0.5) is 0 Å². The Balaban J connectivity index is 1.87. The summed E-state index contributed by atoms with van der Waals surface area (Å²) in [6.45, 7) is 9.28. The minimum Gasteiger partial charge on any atom is -0.491 e. The Morgan fingerprint density at radius 2 is 1.80 bits per heavy atom. The van der Waals surface area contributed by atoms with Crippen LogP contribution in [0.2, 0.25) is 0 Å². The molecule has 20 heavy (non-hydrogen) atoms. The average Bonchev–Trinajstić information content (AvgIpc) is 2.41. The molecule has 2 rings (SSSR count). The van der Waals surface area contributed by atoms with E-state index in [0.29, 0.717) is 0 Å². The minimum absolute atomic E-state index is 0.182. The first kappa shape index (κ1) is 15.3. The van der Waals surface area contributed by atoms with Gasteiger partial charge in [-0.25, -0.2) is 0 Å². The first-order chi connectivity index (χ1) is 9.54. The van der Waals surface area contributed by atoms with E-state index in [0.717, 1.165) is 36.9 Å². The van der Waals surface area contributed by atoms with E-state index in [4.69, 9.17) is 4.74 Å². The van der Waals surface area contributed by atoms with Gasteiger partial charge in [0.25, 0.3) is 0 Å². The highest BCUT2D eigenvalue weighted by Gasteiger charge is 2.19. The smallest absolute Gasteiger partial charge is 0.119 e. The largest absolute Gasteiger partial charge is 0.491 e. The molecule has 1 aliphatic rings. The molecule has 112 valence electrons. The molecule has 1 aliphatic heterocycles. The van der Waals surface area contributed by atoms with Crippen molar-refractivity contribution in [3.05, 3.63) is 29.8 Å². The topological polar surface area (TPSA) is 32.7 Å². The third-order valence-corrected chi connectivity index (χ3v) is 3.94. The Labute approximate surface area is 122 Å². The lowest BCUT2D eigenvalue weighted by Crippen LogP contribution is -2.35. The maximum atomic E-state index is 10.3. The van der Waals surface area contributed by atoms with Crippen molar-refractivity contribution in [1.29, 1.82) is 0 Å². The molecular formula is C17H27NO2. The lowest BCUT2D eigenvalue weighted by atomic mass is 9.98. The van der Waals surface area contributed by atoms with Crippen LogP contribution in [0.15, 0.2) is 24.3 Å². The van der Waals surface area contributed by atoms with Gasteiger partial charge >= 0.3 is 0 Å². The lowest BCUT2D eigenvalue weighted by Gasteiger charge is -2.31. The monoisotopic (exact) mass is 277 g/mol. The summed E-state index contributed by atoms with van der Waals surface area (Å²) in [5.41, 5.74) is 0.972. The van der Waals surface area contributed by atoms with Crippen LogP contribution >= 0.6 is 0 Å². The molecule has 3 heteroatoms. The van der Waals surface area contributed by atoms with Gasteiger partial charge in [0.2, 0.25) is 0 Å². The fraction of sp³-hybridized carbons (Fsp3) is 0.647. The van der Waals surface area contributed by atoms with Crippen molar-refractivity contribution >= 4 is 0 Å². The van der Waals surface area contributed by atoms with Crippen LogP contribution in [-0.2, 0) is 0 Å². The van der Waals surface area contributed by atoms with Crippen LogP contribution in [-0.4, -0.2) is 35.7 Å². The number of aliphatic hydroxyl groups is 1. The third kappa shape index (κ3) is 4.50. The molecule has 1 aromatic carbocycles. The first-order valence-electron chi connectivity index (χ1n) is 7.71. The number of aliphatic hydroxyl groups excluding tert-OH is 1. The van der Waals surface area contributed by atoms with Crippen molar-refractivity contribution in [3.63, 3.8) is 0 Å². The molecule has 0 aliphatic carbocycles. The average molecular weight is 277 g/mol. The molecule has 1 saturated heterocycles. The van der Waals surface area contributed by atoms with Gasteiger partial charge in [-0.05, 0) is 63.4 Å². The molecule has 1 unspecified atom stereocenters. The van der Waals surface area contributed by atoms with Crippen LogP contribution < -0.4 is 4.74 Å². The fourth-order valence-corrected chi connectivity index (χ4v) is 2.64. The summed E-state index contributed by atoms with van der Waals surface area (Å²) in [7, 11) is 0. The highest BCUT2D eigenvalue weighted by molar-refractivity contribution is 5.28. The summed E-state index contributed by atoms with van der Waals surface area (Å²) in [6.07, 6.45) is 2.26. The molecule has 0 radical (unpaired) electrons. The predicted molar refractivity (Wildman–Crippen MR) is 82.0 cm³/mol. The number of hydrogen-bond donors (Lipinski definition) is 1. The fourth-order valence-electron chi connectivity index (χ4n) is 2.64. The Bertz CT molecular complexity index is 394. The lowest BCUT2D eigenvalue weighted by molar-refractivity contribution is 0.0915. The zero-order valence-corrected chi connectivity index (χ0v) is 12.9. The molecule has 0 bridgehead atoms. The molecule has 1 fully saturated rings. The Morgan fingerprint density at radius 3 is 2.35 bits per heavy atom. The molecule has 1 atom stereocenters. The highest BCUT2D eigenvalue weighted by atomic mass is 16.5. The summed E-state index contributed by atoms with van der Waals surface area (Å²) in [5, 5.41) is 10.3. The van der Waals surface area contributed by atoms with Gasteiger partial charge in [-0.2, -0.15) is 0 Å². The van der Waals surface area contributed by atoms with Gasteiger partial charge in [-0.1, -0.05) is 19.1 Å². The molecule has 0 aromatic heterocycles. The van der Waals surface area contributed by atoms with Crippen molar-refractivity contribution in [3.8, 4) is 5.75 Å². The Kier molecular flexibility index (Phi) is 5.44. The number of benzene rings is 1. The number of likely N-dealkylation sites (tertiary alicyclic amines) is 1. The van der Waals surface area contributed by atoms with Crippen LogP contribution in [0.5, 0.6) is 5.75 Å². The van der Waals surface area contributed by atoms with E-state index in [1.165, 1.54) is 12.8 Å². The van der Waals surface area contributed by atoms with Gasteiger partial charge in [0.05, 0.1) is 12.2 Å². The van der Waals surface area contributed by atoms with E-state index >= 15 is 0 Å². The van der Waals surface area contributed by atoms with Gasteiger partial charge in [0.1, 0.15) is 5.75 Å². The second-order valence-electron chi connectivity index (χ2n) is 6.23. The number of piperidine rings is 1. The van der Waals surface area contributed by atoms with Crippen molar-refractivity contribution in [2.45, 2.75) is 45.8 Å². The van der Waals surface area contributed by atoms with Crippen LogP contribution in [0.25, 0.3) is 0 Å². The maximum absolute atomic E-state index is 10.3. The van der Waals surface area contributed by atoms with Crippen LogP contribution in [0, 0.1) is 5.92 Å². The number of nitrogens with zero attached hydrogens (tertiary/aromatic N) is 1. The second-order valence-corrected chi connectivity index (χ2v) is 6.23. The van der Waals surface area contributed by atoms with E-state index in [9.17, 15) is 5.11 Å². The van der Waals surface area contributed by atoms with E-state index < -0.39 is 6.10 Å². The molecule has 0 spiro atoms. The predicted octanol–water partition coefficient (Wildman–Crippen LogP) is 3.24. The van der Waals surface area contributed by atoms with Crippen molar-refractivity contribution in [2.75, 3.05) is 19.6 Å². The number of ether oxygens (including phenoxy) is 1. The van der Waals surface area contributed by atoms with Crippen LogP contribution in [0.1, 0.15) is 45.3 Å². The zero-order chi connectivity index (χ0) is 14.5. The summed E-state index contributed by atoms with van der Waals surface area (Å²) in [6, 6.07) is 7.82. The standard InChI is InChI=1S/C17H27NO2/c1-13(2)20-16-6-4-15(5-7-16)17(19)12-18-10-8-14(3)9-11-18/h4-7,13-14,17,19H,8-12H2,1-3H3. The summed E-state index contributed by atoms with van der Waals surface area (Å²) in [4.78, 5) is 2.36. The summed E-state index contributed by atoms with van der Waals surface area (Å²) >= 11 is 0. The Hall–Kier alpha value is -1.06. The molecule has 1 N–H and O–H groups in total.